The Hall–Kier alpha value is -2.15. The van der Waals surface area contributed by atoms with E-state index in [1.54, 1.807) is 10.6 Å². The normalized spacial score (nSPS) is 26.8. The molecule has 3 heterocycles. The molecule has 7 nitrogen and oxygen atoms in total. The van der Waals surface area contributed by atoms with E-state index in [0.29, 0.717) is 11.9 Å². The van der Waals surface area contributed by atoms with Crippen LogP contribution in [0, 0.1) is 12.8 Å². The Morgan fingerprint density at radius 2 is 2.00 bits per heavy atom. The predicted molar refractivity (Wildman–Crippen MR) is 98.9 cm³/mol. The summed E-state index contributed by atoms with van der Waals surface area (Å²) in [6.07, 6.45) is 7.34. The molecule has 2 atom stereocenters. The first kappa shape index (κ1) is 16.3. The maximum absolute atomic E-state index is 12.6. The summed E-state index contributed by atoms with van der Waals surface area (Å²) in [6.45, 7) is 5.78. The molecule has 4 rings (SSSR count). The lowest BCUT2D eigenvalue weighted by Gasteiger charge is -2.38. The van der Waals surface area contributed by atoms with Crippen LogP contribution in [0.5, 0.6) is 0 Å². The summed E-state index contributed by atoms with van der Waals surface area (Å²) in [5, 5.41) is 3.32. The van der Waals surface area contributed by atoms with Gasteiger partial charge in [-0.15, -0.1) is 0 Å². The molecule has 0 radical (unpaired) electrons. The first-order chi connectivity index (χ1) is 12.1. The fourth-order valence-electron chi connectivity index (χ4n) is 3.85. The van der Waals surface area contributed by atoms with Crippen molar-refractivity contribution in [2.24, 2.45) is 10.9 Å². The van der Waals surface area contributed by atoms with Gasteiger partial charge in [-0.05, 0) is 33.2 Å². The standard InChI is InChI=1S/C18H26N6O/c1-13-12-15(25)24-16(14-6-4-3-5-7-14)20-17(21-18(24)19-13)23-10-8-22(2)9-11-23/h3-4,12,14,16H,5-11H2,1-2H3,(H,19,20,21)/t14-,16+/m0/s1. The lowest BCUT2D eigenvalue weighted by atomic mass is 9.91. The molecule has 134 valence electrons. The fraction of sp³-hybridized carbons (Fsp3) is 0.611. The van der Waals surface area contributed by atoms with E-state index in [2.05, 4.69) is 39.3 Å². The molecule has 2 aliphatic heterocycles. The van der Waals surface area contributed by atoms with E-state index in [9.17, 15) is 4.79 Å². The molecule has 1 saturated heterocycles. The number of aliphatic imine (C=N–C) groups is 1. The van der Waals surface area contributed by atoms with Crippen LogP contribution in [-0.4, -0.2) is 58.5 Å². The Morgan fingerprint density at radius 3 is 2.72 bits per heavy atom. The van der Waals surface area contributed by atoms with Crippen LogP contribution in [0.3, 0.4) is 0 Å². The highest BCUT2D eigenvalue weighted by molar-refractivity contribution is 5.93. The lowest BCUT2D eigenvalue weighted by Crippen LogP contribution is -2.51. The summed E-state index contributed by atoms with van der Waals surface area (Å²) in [6, 6.07) is 1.60. The maximum Gasteiger partial charge on any atom is 0.256 e. The molecule has 1 aliphatic carbocycles. The van der Waals surface area contributed by atoms with Gasteiger partial charge < -0.3 is 9.80 Å². The molecule has 0 unspecified atom stereocenters. The van der Waals surface area contributed by atoms with Crippen LogP contribution in [0.2, 0.25) is 0 Å². The van der Waals surface area contributed by atoms with E-state index < -0.39 is 0 Å². The summed E-state index contributed by atoms with van der Waals surface area (Å²) >= 11 is 0. The minimum atomic E-state index is -0.170. The van der Waals surface area contributed by atoms with Crippen molar-refractivity contribution in [3.63, 3.8) is 0 Å². The molecule has 1 fully saturated rings. The highest BCUT2D eigenvalue weighted by Crippen LogP contribution is 2.33. The van der Waals surface area contributed by atoms with Crippen molar-refractivity contribution >= 4 is 11.9 Å². The van der Waals surface area contributed by atoms with Gasteiger partial charge in [-0.25, -0.2) is 9.98 Å². The average molecular weight is 342 g/mol. The zero-order chi connectivity index (χ0) is 17.4. The van der Waals surface area contributed by atoms with E-state index in [1.165, 1.54) is 0 Å². The van der Waals surface area contributed by atoms with Crippen molar-refractivity contribution in [1.82, 2.24) is 19.4 Å². The number of nitrogens with zero attached hydrogens (tertiary/aromatic N) is 5. The van der Waals surface area contributed by atoms with Gasteiger partial charge in [0.05, 0.1) is 0 Å². The van der Waals surface area contributed by atoms with Crippen LogP contribution in [0.1, 0.15) is 31.1 Å². The molecular formula is C18H26N6O. The monoisotopic (exact) mass is 342 g/mol. The summed E-state index contributed by atoms with van der Waals surface area (Å²) in [5.41, 5.74) is 0.724. The number of allylic oxidation sites excluding steroid dienone is 2. The van der Waals surface area contributed by atoms with Gasteiger partial charge >= 0.3 is 0 Å². The number of anilines is 1. The van der Waals surface area contributed by atoms with E-state index in [0.717, 1.165) is 57.1 Å². The van der Waals surface area contributed by atoms with Crippen LogP contribution >= 0.6 is 0 Å². The third kappa shape index (κ3) is 3.20. The fourth-order valence-corrected chi connectivity index (χ4v) is 3.85. The summed E-state index contributed by atoms with van der Waals surface area (Å²) in [7, 11) is 2.14. The average Bonchev–Trinajstić information content (AvgIpc) is 2.62. The largest absolute Gasteiger partial charge is 0.340 e. The summed E-state index contributed by atoms with van der Waals surface area (Å²) in [5.74, 6) is 1.84. The van der Waals surface area contributed by atoms with Crippen molar-refractivity contribution < 1.29 is 0 Å². The zero-order valence-corrected chi connectivity index (χ0v) is 15.0. The molecule has 0 saturated carbocycles. The Balaban J connectivity index is 1.71. The van der Waals surface area contributed by atoms with Gasteiger partial charge in [0.2, 0.25) is 11.9 Å². The molecule has 1 aromatic rings. The molecule has 0 aromatic carbocycles. The molecule has 25 heavy (non-hydrogen) atoms. The Labute approximate surface area is 148 Å². The van der Waals surface area contributed by atoms with Crippen molar-refractivity contribution in [1.29, 1.82) is 0 Å². The maximum atomic E-state index is 12.6. The second-order valence-electron chi connectivity index (χ2n) is 7.26. The third-order valence-corrected chi connectivity index (χ3v) is 5.36. The van der Waals surface area contributed by atoms with Crippen molar-refractivity contribution in [2.45, 2.75) is 32.4 Å². The van der Waals surface area contributed by atoms with Gasteiger partial charge in [0.15, 0.2) is 0 Å². The van der Waals surface area contributed by atoms with E-state index >= 15 is 0 Å². The van der Waals surface area contributed by atoms with Crippen molar-refractivity contribution in [3.05, 3.63) is 34.3 Å². The van der Waals surface area contributed by atoms with E-state index in [-0.39, 0.29) is 11.7 Å². The van der Waals surface area contributed by atoms with Gasteiger partial charge in [0.25, 0.3) is 5.56 Å². The number of hydrogen-bond acceptors (Lipinski definition) is 6. The topological polar surface area (TPSA) is 65.8 Å². The highest BCUT2D eigenvalue weighted by atomic mass is 16.1. The number of aromatic nitrogens is 2. The van der Waals surface area contributed by atoms with Gasteiger partial charge in [-0.3, -0.25) is 14.7 Å². The number of likely N-dealkylation sites (N-methyl/N-ethyl adjacent to an activating group) is 1. The van der Waals surface area contributed by atoms with Crippen molar-refractivity contribution in [2.75, 3.05) is 38.5 Å². The van der Waals surface area contributed by atoms with Gasteiger partial charge in [-0.1, -0.05) is 12.2 Å². The van der Waals surface area contributed by atoms with Crippen LogP contribution in [0.15, 0.2) is 28.0 Å². The predicted octanol–water partition coefficient (Wildman–Crippen LogP) is 1.44. The number of hydrogen-bond donors (Lipinski definition) is 1. The number of guanidine groups is 1. The Bertz CT molecular complexity index is 759. The second kappa shape index (κ2) is 6.63. The van der Waals surface area contributed by atoms with Gasteiger partial charge in [0.1, 0.15) is 6.17 Å². The molecule has 0 spiro atoms. The first-order valence-electron chi connectivity index (χ1n) is 9.15. The zero-order valence-electron chi connectivity index (χ0n) is 15.0. The Kier molecular flexibility index (Phi) is 4.33. The molecular weight excluding hydrogens is 316 g/mol. The molecule has 0 amide bonds. The molecule has 3 aliphatic rings. The van der Waals surface area contributed by atoms with Crippen molar-refractivity contribution in [3.8, 4) is 0 Å². The molecule has 1 N–H and O–H groups in total. The second-order valence-corrected chi connectivity index (χ2v) is 7.26. The smallest absolute Gasteiger partial charge is 0.256 e. The minimum absolute atomic E-state index is 0.0178. The van der Waals surface area contributed by atoms with Gasteiger partial charge in [-0.2, -0.15) is 0 Å². The number of rotatable bonds is 1. The van der Waals surface area contributed by atoms with Crippen LogP contribution in [0.4, 0.5) is 5.95 Å². The Morgan fingerprint density at radius 1 is 1.20 bits per heavy atom. The number of fused-ring (bicyclic) bond motifs is 1. The number of piperazine rings is 1. The summed E-state index contributed by atoms with van der Waals surface area (Å²) < 4.78 is 1.75. The summed E-state index contributed by atoms with van der Waals surface area (Å²) in [4.78, 5) is 26.8. The van der Waals surface area contributed by atoms with E-state index in [4.69, 9.17) is 4.99 Å². The van der Waals surface area contributed by atoms with Crippen LogP contribution in [0.25, 0.3) is 0 Å². The van der Waals surface area contributed by atoms with Gasteiger partial charge in [0, 0.05) is 43.9 Å². The van der Waals surface area contributed by atoms with Crippen LogP contribution < -0.4 is 10.9 Å². The lowest BCUT2D eigenvalue weighted by molar-refractivity contribution is 0.210. The molecule has 1 aromatic heterocycles. The minimum Gasteiger partial charge on any atom is -0.340 e. The molecule has 7 heteroatoms. The quantitative estimate of drug-likeness (QED) is 0.782. The SMILES string of the molecule is Cc1cc(=O)n2c(n1)NC(N1CCN(C)CC1)=N[C@H]2[C@H]1CC=CCC1. The van der Waals surface area contributed by atoms with E-state index in [1.807, 2.05) is 6.92 Å². The third-order valence-electron chi connectivity index (χ3n) is 5.36. The molecule has 0 bridgehead atoms. The highest BCUT2D eigenvalue weighted by Gasteiger charge is 2.32. The number of nitrogens with one attached hydrogen (secondary N) is 1. The van der Waals surface area contributed by atoms with Crippen LogP contribution in [-0.2, 0) is 0 Å². The number of aryl methyl sites for hydroxylation is 1. The first-order valence-corrected chi connectivity index (χ1v) is 9.15.